The molecule has 0 saturated carbocycles. The van der Waals surface area contributed by atoms with Gasteiger partial charge in [0, 0.05) is 39.4 Å². The number of aryl methyl sites for hydroxylation is 1. The monoisotopic (exact) mass is 399 g/mol. The van der Waals surface area contributed by atoms with Gasteiger partial charge in [-0.15, -0.1) is 24.0 Å². The van der Waals surface area contributed by atoms with Crippen molar-refractivity contribution in [3.8, 4) is 0 Å². The lowest BCUT2D eigenvalue weighted by atomic mass is 10.2. The fourth-order valence-corrected chi connectivity index (χ4v) is 1.85. The van der Waals surface area contributed by atoms with Crippen LogP contribution in [0.25, 0.3) is 0 Å². The normalized spacial score (nSPS) is 10.9. The average Bonchev–Trinajstić information content (AvgIpc) is 2.85. The Labute approximate surface area is 143 Å². The Morgan fingerprint density at radius 3 is 2.52 bits per heavy atom. The van der Waals surface area contributed by atoms with E-state index in [0.717, 1.165) is 18.1 Å². The van der Waals surface area contributed by atoms with Crippen LogP contribution in [0.3, 0.4) is 0 Å². The number of aliphatic imine (C=N–C) groups is 1. The summed E-state index contributed by atoms with van der Waals surface area (Å²) in [4.78, 5) is 6.59. The number of nitrogens with one attached hydrogen (secondary N) is 1. The maximum atomic E-state index is 4.60. The van der Waals surface area contributed by atoms with Gasteiger partial charge in [0.05, 0.1) is 12.7 Å². The first-order chi connectivity index (χ1) is 9.65. The summed E-state index contributed by atoms with van der Waals surface area (Å²) in [6, 6.07) is 10.3. The average molecular weight is 399 g/mol. The van der Waals surface area contributed by atoms with Crippen molar-refractivity contribution in [2.75, 3.05) is 14.1 Å². The molecule has 1 aromatic carbocycles. The number of halogens is 1. The van der Waals surface area contributed by atoms with Gasteiger partial charge in [0.25, 0.3) is 0 Å². The Morgan fingerprint density at radius 2 is 1.95 bits per heavy atom. The van der Waals surface area contributed by atoms with Gasteiger partial charge in [0.15, 0.2) is 5.96 Å². The SMILES string of the molecule is CN(C)C(=NCc1cnn(C)c1)NCc1ccccc1.I. The van der Waals surface area contributed by atoms with E-state index in [1.807, 2.05) is 56.6 Å². The highest BCUT2D eigenvalue weighted by Gasteiger charge is 2.02. The lowest BCUT2D eigenvalue weighted by Crippen LogP contribution is -2.36. The first kappa shape index (κ1) is 17.5. The minimum absolute atomic E-state index is 0. The van der Waals surface area contributed by atoms with Gasteiger partial charge in [0.1, 0.15) is 0 Å². The summed E-state index contributed by atoms with van der Waals surface area (Å²) < 4.78 is 1.79. The van der Waals surface area contributed by atoms with E-state index in [4.69, 9.17) is 0 Å². The zero-order valence-electron chi connectivity index (χ0n) is 12.7. The van der Waals surface area contributed by atoms with E-state index < -0.39 is 0 Å². The van der Waals surface area contributed by atoms with Crippen LogP contribution in [0.1, 0.15) is 11.1 Å². The molecule has 1 N–H and O–H groups in total. The number of guanidine groups is 1. The Bertz CT molecular complexity index is 562. The molecule has 0 aliphatic carbocycles. The summed E-state index contributed by atoms with van der Waals surface area (Å²) >= 11 is 0. The van der Waals surface area contributed by atoms with Crippen molar-refractivity contribution in [2.45, 2.75) is 13.1 Å². The van der Waals surface area contributed by atoms with Gasteiger partial charge in [-0.2, -0.15) is 5.10 Å². The first-order valence-corrected chi connectivity index (χ1v) is 6.62. The molecule has 0 fully saturated rings. The van der Waals surface area contributed by atoms with Gasteiger partial charge in [0.2, 0.25) is 0 Å². The van der Waals surface area contributed by atoms with Crippen LogP contribution >= 0.6 is 24.0 Å². The highest BCUT2D eigenvalue weighted by Crippen LogP contribution is 2.01. The number of rotatable bonds is 4. The summed E-state index contributed by atoms with van der Waals surface area (Å²) in [6.45, 7) is 1.40. The summed E-state index contributed by atoms with van der Waals surface area (Å²) in [7, 11) is 5.88. The van der Waals surface area contributed by atoms with Crippen molar-refractivity contribution in [3.05, 3.63) is 53.9 Å². The molecule has 0 amide bonds. The largest absolute Gasteiger partial charge is 0.352 e. The first-order valence-electron chi connectivity index (χ1n) is 6.62. The predicted octanol–water partition coefficient (Wildman–Crippen LogP) is 2.25. The maximum Gasteiger partial charge on any atom is 0.194 e. The zero-order chi connectivity index (χ0) is 14.4. The molecule has 2 rings (SSSR count). The number of nitrogens with zero attached hydrogens (tertiary/aromatic N) is 4. The maximum absolute atomic E-state index is 4.60. The third-order valence-electron chi connectivity index (χ3n) is 2.89. The predicted molar refractivity (Wildman–Crippen MR) is 96.7 cm³/mol. The molecule has 0 aliphatic rings. The van der Waals surface area contributed by atoms with Crippen molar-refractivity contribution < 1.29 is 0 Å². The highest BCUT2D eigenvalue weighted by atomic mass is 127. The molecule has 0 aliphatic heterocycles. The van der Waals surface area contributed by atoms with Crippen LogP contribution in [0.15, 0.2) is 47.7 Å². The van der Waals surface area contributed by atoms with Crippen LogP contribution < -0.4 is 5.32 Å². The van der Waals surface area contributed by atoms with Crippen LogP contribution in [0.5, 0.6) is 0 Å². The Balaban J connectivity index is 0.00000220. The van der Waals surface area contributed by atoms with Crippen molar-refractivity contribution >= 4 is 29.9 Å². The molecule has 2 aromatic rings. The van der Waals surface area contributed by atoms with E-state index in [1.54, 1.807) is 4.68 Å². The molecule has 114 valence electrons. The smallest absolute Gasteiger partial charge is 0.194 e. The molecule has 21 heavy (non-hydrogen) atoms. The van der Waals surface area contributed by atoms with Crippen LogP contribution in [0.4, 0.5) is 0 Å². The molecule has 5 nitrogen and oxygen atoms in total. The third kappa shape index (κ3) is 5.74. The fraction of sp³-hybridized carbons (Fsp3) is 0.333. The summed E-state index contributed by atoms with van der Waals surface area (Å²) in [5.41, 5.74) is 2.34. The molecule has 0 unspecified atom stereocenters. The number of hydrogen-bond donors (Lipinski definition) is 1. The molecule has 0 atom stereocenters. The molecule has 0 bridgehead atoms. The Hall–Kier alpha value is -1.57. The van der Waals surface area contributed by atoms with Gasteiger partial charge < -0.3 is 10.2 Å². The zero-order valence-corrected chi connectivity index (χ0v) is 15.0. The summed E-state index contributed by atoms with van der Waals surface area (Å²) in [5.74, 6) is 0.873. The van der Waals surface area contributed by atoms with Gasteiger partial charge in [-0.05, 0) is 5.56 Å². The Kier molecular flexibility index (Phi) is 7.21. The Morgan fingerprint density at radius 1 is 1.24 bits per heavy atom. The fourth-order valence-electron chi connectivity index (χ4n) is 1.85. The van der Waals surface area contributed by atoms with E-state index in [0.29, 0.717) is 6.54 Å². The lowest BCUT2D eigenvalue weighted by Gasteiger charge is -2.17. The van der Waals surface area contributed by atoms with Crippen LogP contribution in [0.2, 0.25) is 0 Å². The topological polar surface area (TPSA) is 45.5 Å². The lowest BCUT2D eigenvalue weighted by molar-refractivity contribution is 0.578. The van der Waals surface area contributed by atoms with Gasteiger partial charge in [-0.25, -0.2) is 4.99 Å². The number of benzene rings is 1. The highest BCUT2D eigenvalue weighted by molar-refractivity contribution is 14.0. The van der Waals surface area contributed by atoms with E-state index in [-0.39, 0.29) is 24.0 Å². The molecule has 1 heterocycles. The summed E-state index contributed by atoms with van der Waals surface area (Å²) in [5, 5.41) is 7.51. The van der Waals surface area contributed by atoms with Crippen molar-refractivity contribution in [3.63, 3.8) is 0 Å². The van der Waals surface area contributed by atoms with Gasteiger partial charge in [-0.3, -0.25) is 4.68 Å². The molecule has 0 saturated heterocycles. The summed E-state index contributed by atoms with van der Waals surface area (Å²) in [6.07, 6.45) is 3.82. The molecule has 0 spiro atoms. The second-order valence-corrected chi connectivity index (χ2v) is 4.90. The van der Waals surface area contributed by atoms with E-state index in [1.165, 1.54) is 5.56 Å². The minimum atomic E-state index is 0. The second-order valence-electron chi connectivity index (χ2n) is 4.90. The van der Waals surface area contributed by atoms with Crippen molar-refractivity contribution in [2.24, 2.45) is 12.0 Å². The number of aromatic nitrogens is 2. The van der Waals surface area contributed by atoms with Crippen molar-refractivity contribution in [1.29, 1.82) is 0 Å². The molecule has 0 radical (unpaired) electrons. The van der Waals surface area contributed by atoms with E-state index in [9.17, 15) is 0 Å². The van der Waals surface area contributed by atoms with Gasteiger partial charge in [-0.1, -0.05) is 30.3 Å². The third-order valence-corrected chi connectivity index (χ3v) is 2.89. The van der Waals surface area contributed by atoms with Crippen molar-refractivity contribution in [1.82, 2.24) is 20.0 Å². The van der Waals surface area contributed by atoms with E-state index in [2.05, 4.69) is 27.5 Å². The van der Waals surface area contributed by atoms with Gasteiger partial charge >= 0.3 is 0 Å². The van der Waals surface area contributed by atoms with Crippen LogP contribution in [-0.4, -0.2) is 34.7 Å². The molecule has 1 aromatic heterocycles. The molecular weight excluding hydrogens is 377 g/mol. The standard InChI is InChI=1S/C15H21N5.HI/c1-19(2)15(16-9-13-7-5-4-6-8-13)17-10-14-11-18-20(3)12-14;/h4-8,11-12H,9-10H2,1-3H3,(H,16,17);1H. The number of hydrogen-bond acceptors (Lipinski definition) is 2. The van der Waals surface area contributed by atoms with Crippen LogP contribution in [-0.2, 0) is 20.1 Å². The quantitative estimate of drug-likeness (QED) is 0.488. The molecule has 6 heteroatoms. The van der Waals surface area contributed by atoms with E-state index >= 15 is 0 Å². The minimum Gasteiger partial charge on any atom is -0.352 e. The molecular formula is C15H22IN5. The van der Waals surface area contributed by atoms with Crippen LogP contribution in [0, 0.1) is 0 Å². The second kappa shape index (κ2) is 8.66.